The van der Waals surface area contributed by atoms with E-state index in [9.17, 15) is 22.4 Å². The number of nitrogens with zero attached hydrogens (tertiary/aromatic N) is 2. The number of fused-ring (bicyclic) bond motifs is 2. The first-order valence-corrected chi connectivity index (χ1v) is 11.3. The SMILES string of the molecule is O=C1CS(=O)(=O)[C@]2(C(=O)N(Cc3ccccc3)c3ccccc32)N1c1ccc(F)cc1. The lowest BCUT2D eigenvalue weighted by Gasteiger charge is -2.32. The minimum atomic E-state index is -4.24. The molecule has 2 heterocycles. The highest BCUT2D eigenvalue weighted by molar-refractivity contribution is 7.94. The molecule has 156 valence electrons. The molecule has 0 saturated carbocycles. The molecule has 6 nitrogen and oxygen atoms in total. The van der Waals surface area contributed by atoms with E-state index in [4.69, 9.17) is 0 Å². The Balaban J connectivity index is 1.75. The van der Waals surface area contributed by atoms with Gasteiger partial charge in [0.1, 0.15) is 11.6 Å². The first-order chi connectivity index (χ1) is 14.9. The van der Waals surface area contributed by atoms with Crippen LogP contribution in [0.5, 0.6) is 0 Å². The van der Waals surface area contributed by atoms with Crippen LogP contribution in [0.3, 0.4) is 0 Å². The van der Waals surface area contributed by atoms with Gasteiger partial charge in [-0.05, 0) is 35.9 Å². The van der Waals surface area contributed by atoms with Crippen LogP contribution in [-0.2, 0) is 30.8 Å². The summed E-state index contributed by atoms with van der Waals surface area (Å²) in [6.45, 7) is 0.152. The van der Waals surface area contributed by atoms with Crippen molar-refractivity contribution >= 4 is 33.0 Å². The Hall–Kier alpha value is -3.52. The van der Waals surface area contributed by atoms with Gasteiger partial charge in [0.15, 0.2) is 9.84 Å². The van der Waals surface area contributed by atoms with E-state index < -0.39 is 38.1 Å². The number of carbonyl (C=O) groups excluding carboxylic acids is 2. The van der Waals surface area contributed by atoms with Crippen LogP contribution >= 0.6 is 0 Å². The van der Waals surface area contributed by atoms with Crippen LogP contribution in [0.2, 0.25) is 0 Å². The Bertz CT molecular complexity index is 1310. The van der Waals surface area contributed by atoms with E-state index in [0.717, 1.165) is 22.6 Å². The molecule has 0 radical (unpaired) electrons. The molecule has 31 heavy (non-hydrogen) atoms. The van der Waals surface area contributed by atoms with Crippen LogP contribution < -0.4 is 9.80 Å². The zero-order valence-corrected chi connectivity index (χ0v) is 17.0. The molecule has 3 aromatic carbocycles. The van der Waals surface area contributed by atoms with Crippen molar-refractivity contribution in [2.24, 2.45) is 0 Å². The van der Waals surface area contributed by atoms with Gasteiger partial charge in [-0.15, -0.1) is 0 Å². The number of para-hydroxylation sites is 1. The lowest BCUT2D eigenvalue weighted by Crippen LogP contribution is -2.54. The van der Waals surface area contributed by atoms with Gasteiger partial charge in [-0.3, -0.25) is 14.5 Å². The third kappa shape index (κ3) is 2.64. The smallest absolute Gasteiger partial charge is 0.274 e. The summed E-state index contributed by atoms with van der Waals surface area (Å²) in [6.07, 6.45) is 0. The summed E-state index contributed by atoms with van der Waals surface area (Å²) in [5.74, 6) is -2.77. The summed E-state index contributed by atoms with van der Waals surface area (Å²) < 4.78 is 40.4. The Morgan fingerprint density at radius 2 is 1.52 bits per heavy atom. The predicted octanol–water partition coefficient (Wildman–Crippen LogP) is 2.99. The van der Waals surface area contributed by atoms with Crippen molar-refractivity contribution in [3.05, 3.63) is 95.8 Å². The Morgan fingerprint density at radius 3 is 2.23 bits per heavy atom. The number of anilines is 2. The quantitative estimate of drug-likeness (QED) is 0.633. The van der Waals surface area contributed by atoms with Crippen molar-refractivity contribution in [3.63, 3.8) is 0 Å². The Kier molecular flexibility index (Phi) is 4.23. The summed E-state index contributed by atoms with van der Waals surface area (Å²) in [5.41, 5.74) is 1.63. The average Bonchev–Trinajstić information content (AvgIpc) is 3.13. The van der Waals surface area contributed by atoms with Crippen LogP contribution in [0.4, 0.5) is 15.8 Å². The third-order valence-electron chi connectivity index (χ3n) is 5.69. The number of carbonyl (C=O) groups is 2. The van der Waals surface area contributed by atoms with Gasteiger partial charge >= 0.3 is 0 Å². The van der Waals surface area contributed by atoms with Gasteiger partial charge in [-0.1, -0.05) is 48.5 Å². The number of hydrogen-bond acceptors (Lipinski definition) is 4. The predicted molar refractivity (Wildman–Crippen MR) is 113 cm³/mol. The second-order valence-corrected chi connectivity index (χ2v) is 9.61. The third-order valence-corrected chi connectivity index (χ3v) is 7.80. The molecule has 0 bridgehead atoms. The summed E-state index contributed by atoms with van der Waals surface area (Å²) in [6, 6.07) is 20.7. The van der Waals surface area contributed by atoms with Gasteiger partial charge in [0.05, 0.1) is 12.2 Å². The second-order valence-electron chi connectivity index (χ2n) is 7.50. The topological polar surface area (TPSA) is 74.8 Å². The zero-order valence-electron chi connectivity index (χ0n) is 16.2. The van der Waals surface area contributed by atoms with E-state index in [-0.39, 0.29) is 17.8 Å². The molecule has 5 rings (SSSR count). The zero-order chi connectivity index (χ0) is 21.8. The van der Waals surface area contributed by atoms with E-state index in [0.29, 0.717) is 5.69 Å². The molecule has 1 atom stereocenters. The molecule has 8 heteroatoms. The highest BCUT2D eigenvalue weighted by atomic mass is 32.2. The first-order valence-electron chi connectivity index (χ1n) is 9.62. The number of amides is 2. The average molecular weight is 436 g/mol. The van der Waals surface area contributed by atoms with E-state index in [1.54, 1.807) is 24.3 Å². The molecule has 1 spiro atoms. The van der Waals surface area contributed by atoms with E-state index in [1.165, 1.54) is 17.0 Å². The van der Waals surface area contributed by atoms with Crippen molar-refractivity contribution in [2.75, 3.05) is 15.6 Å². The van der Waals surface area contributed by atoms with Crippen molar-refractivity contribution in [3.8, 4) is 0 Å². The number of benzene rings is 3. The number of rotatable bonds is 3. The maximum absolute atomic E-state index is 13.9. The van der Waals surface area contributed by atoms with Crippen molar-refractivity contribution in [1.29, 1.82) is 0 Å². The van der Waals surface area contributed by atoms with E-state index in [2.05, 4.69) is 0 Å². The lowest BCUT2D eigenvalue weighted by molar-refractivity contribution is -0.123. The van der Waals surface area contributed by atoms with Gasteiger partial charge in [0, 0.05) is 11.3 Å². The minimum Gasteiger partial charge on any atom is -0.304 e. The molecule has 0 aliphatic carbocycles. The highest BCUT2D eigenvalue weighted by Crippen LogP contribution is 2.52. The van der Waals surface area contributed by atoms with Crippen LogP contribution in [0, 0.1) is 5.82 Å². The molecule has 3 aromatic rings. The maximum Gasteiger partial charge on any atom is 0.274 e. The van der Waals surface area contributed by atoms with E-state index >= 15 is 0 Å². The van der Waals surface area contributed by atoms with Gasteiger partial charge in [-0.2, -0.15) is 0 Å². The van der Waals surface area contributed by atoms with E-state index in [1.807, 2.05) is 30.3 Å². The van der Waals surface area contributed by atoms with Crippen molar-refractivity contribution in [2.45, 2.75) is 11.4 Å². The summed E-state index contributed by atoms with van der Waals surface area (Å²) >= 11 is 0. The monoisotopic (exact) mass is 436 g/mol. The molecule has 2 aliphatic rings. The van der Waals surface area contributed by atoms with Crippen LogP contribution in [0.25, 0.3) is 0 Å². The normalized spacial score (nSPS) is 21.7. The Labute approximate surface area is 178 Å². The fraction of sp³-hybridized carbons (Fsp3) is 0.130. The Morgan fingerprint density at radius 1 is 0.871 bits per heavy atom. The van der Waals surface area contributed by atoms with Crippen LogP contribution in [0.1, 0.15) is 11.1 Å². The molecule has 0 unspecified atom stereocenters. The summed E-state index contributed by atoms with van der Waals surface area (Å²) in [7, 11) is -4.24. The van der Waals surface area contributed by atoms with Crippen molar-refractivity contribution in [1.82, 2.24) is 0 Å². The maximum atomic E-state index is 13.9. The molecular formula is C23H17FN2O4S. The second kappa shape index (κ2) is 6.75. The molecule has 1 fully saturated rings. The standard InChI is InChI=1S/C23H17FN2O4S/c24-17-10-12-18(13-11-17)26-21(27)15-31(29,30)23(26)19-8-4-5-9-20(19)25(22(23)28)14-16-6-2-1-3-7-16/h1-13H,14-15H2/t23-/m1/s1. The van der Waals surface area contributed by atoms with Crippen molar-refractivity contribution < 1.29 is 22.4 Å². The molecule has 0 N–H and O–H groups in total. The molecule has 2 amide bonds. The first kappa shape index (κ1) is 19.4. The minimum absolute atomic E-state index is 0.150. The van der Waals surface area contributed by atoms with Crippen LogP contribution in [0.15, 0.2) is 78.9 Å². The number of hydrogen-bond donors (Lipinski definition) is 0. The van der Waals surface area contributed by atoms with Crippen LogP contribution in [-0.4, -0.2) is 26.0 Å². The molecule has 0 aromatic heterocycles. The van der Waals surface area contributed by atoms with Gasteiger partial charge in [-0.25, -0.2) is 12.8 Å². The molecular weight excluding hydrogens is 419 g/mol. The number of halogens is 1. The summed E-state index contributed by atoms with van der Waals surface area (Å²) in [5, 5.41) is 0. The van der Waals surface area contributed by atoms with Gasteiger partial charge in [0.2, 0.25) is 5.91 Å². The largest absolute Gasteiger partial charge is 0.304 e. The number of sulfone groups is 1. The fourth-order valence-corrected chi connectivity index (χ4v) is 6.44. The van der Waals surface area contributed by atoms with Gasteiger partial charge in [0.25, 0.3) is 10.8 Å². The van der Waals surface area contributed by atoms with Gasteiger partial charge < -0.3 is 4.90 Å². The highest BCUT2D eigenvalue weighted by Gasteiger charge is 2.69. The summed E-state index contributed by atoms with van der Waals surface area (Å²) in [4.78, 5) is 27.0. The lowest BCUT2D eigenvalue weighted by atomic mass is 10.0. The molecule has 1 saturated heterocycles. The fourth-order valence-electron chi connectivity index (χ4n) is 4.40. The molecule has 2 aliphatic heterocycles.